The van der Waals surface area contributed by atoms with E-state index in [9.17, 15) is 10.0 Å². The molecule has 0 aliphatic rings. The molecule has 2 rings (SSSR count). The summed E-state index contributed by atoms with van der Waals surface area (Å²) in [6, 6.07) is 11.3. The molecular formula is C13H15BO3. The van der Waals surface area contributed by atoms with Gasteiger partial charge in [-0.25, -0.2) is 0 Å². The van der Waals surface area contributed by atoms with Gasteiger partial charge in [-0.1, -0.05) is 36.4 Å². The maximum Gasteiger partial charge on any atom is 0.492 e. The fourth-order valence-corrected chi connectivity index (χ4v) is 1.83. The summed E-state index contributed by atoms with van der Waals surface area (Å²) in [6.07, 6.45) is -0.0155. The fraction of sp³-hybridized carbons (Fsp3) is 0.231. The van der Waals surface area contributed by atoms with Crippen molar-refractivity contribution in [1.82, 2.24) is 0 Å². The van der Waals surface area contributed by atoms with E-state index in [4.69, 9.17) is 4.74 Å². The highest BCUT2D eigenvalue weighted by atomic mass is 16.5. The molecule has 0 aromatic heterocycles. The zero-order valence-electron chi connectivity index (χ0n) is 9.92. The van der Waals surface area contributed by atoms with Crippen molar-refractivity contribution in [2.24, 2.45) is 0 Å². The molecule has 17 heavy (non-hydrogen) atoms. The quantitative estimate of drug-likeness (QED) is 0.781. The first kappa shape index (κ1) is 12.0. The van der Waals surface area contributed by atoms with E-state index in [1.54, 1.807) is 6.07 Å². The first-order chi connectivity index (χ1) is 8.09. The van der Waals surface area contributed by atoms with Crippen LogP contribution in [0.5, 0.6) is 5.75 Å². The molecule has 4 heteroatoms. The number of hydrogen-bond acceptors (Lipinski definition) is 3. The topological polar surface area (TPSA) is 49.7 Å². The maximum absolute atomic E-state index is 9.35. The summed E-state index contributed by atoms with van der Waals surface area (Å²) in [5.41, 5.74) is 0.400. The van der Waals surface area contributed by atoms with Crippen LogP contribution in [-0.2, 0) is 0 Å². The molecule has 0 saturated carbocycles. The average Bonchev–Trinajstić information content (AvgIpc) is 2.28. The molecule has 0 bridgehead atoms. The van der Waals surface area contributed by atoms with Gasteiger partial charge in [0.15, 0.2) is 0 Å². The normalized spacial score (nSPS) is 10.9. The smallest absolute Gasteiger partial charge is 0.491 e. The summed E-state index contributed by atoms with van der Waals surface area (Å²) < 4.78 is 5.70. The molecule has 0 heterocycles. The molecule has 0 unspecified atom stereocenters. The van der Waals surface area contributed by atoms with Gasteiger partial charge in [0.05, 0.1) is 6.10 Å². The number of benzene rings is 2. The van der Waals surface area contributed by atoms with E-state index in [-0.39, 0.29) is 6.10 Å². The van der Waals surface area contributed by atoms with Crippen molar-refractivity contribution in [3.05, 3.63) is 36.4 Å². The zero-order chi connectivity index (χ0) is 12.4. The van der Waals surface area contributed by atoms with Crippen molar-refractivity contribution in [3.63, 3.8) is 0 Å². The summed E-state index contributed by atoms with van der Waals surface area (Å²) in [7, 11) is -1.52. The van der Waals surface area contributed by atoms with E-state index in [0.717, 1.165) is 10.8 Å². The summed E-state index contributed by atoms with van der Waals surface area (Å²) in [5.74, 6) is 0.549. The van der Waals surface area contributed by atoms with Gasteiger partial charge in [0.2, 0.25) is 0 Å². The Morgan fingerprint density at radius 1 is 1.06 bits per heavy atom. The minimum atomic E-state index is -1.52. The highest BCUT2D eigenvalue weighted by Gasteiger charge is 2.19. The van der Waals surface area contributed by atoms with Crippen molar-refractivity contribution in [3.8, 4) is 5.75 Å². The van der Waals surface area contributed by atoms with Gasteiger partial charge < -0.3 is 14.8 Å². The standard InChI is InChI=1S/C13H15BO3/c1-9(2)17-13-11-6-4-3-5-10(11)7-8-12(13)14(15)16/h3-9,15-16H,1-2H3. The predicted octanol–water partition coefficient (Wildman–Crippen LogP) is 1.31. The van der Waals surface area contributed by atoms with E-state index in [1.165, 1.54) is 0 Å². The lowest BCUT2D eigenvalue weighted by atomic mass is 9.78. The van der Waals surface area contributed by atoms with E-state index in [1.807, 2.05) is 44.2 Å². The Kier molecular flexibility index (Phi) is 3.36. The summed E-state index contributed by atoms with van der Waals surface area (Å²) in [5, 5.41) is 20.6. The molecule has 0 aliphatic carbocycles. The summed E-state index contributed by atoms with van der Waals surface area (Å²) in [6.45, 7) is 3.82. The van der Waals surface area contributed by atoms with Gasteiger partial charge >= 0.3 is 7.12 Å². The van der Waals surface area contributed by atoms with Gasteiger partial charge in [0.1, 0.15) is 5.75 Å². The fourth-order valence-electron chi connectivity index (χ4n) is 1.83. The van der Waals surface area contributed by atoms with Crippen LogP contribution in [0.3, 0.4) is 0 Å². The highest BCUT2D eigenvalue weighted by Crippen LogP contribution is 2.24. The monoisotopic (exact) mass is 230 g/mol. The second-order valence-electron chi connectivity index (χ2n) is 4.25. The number of hydrogen-bond donors (Lipinski definition) is 2. The molecule has 0 spiro atoms. The molecule has 0 aliphatic heterocycles. The van der Waals surface area contributed by atoms with Gasteiger partial charge in [0, 0.05) is 10.8 Å². The number of fused-ring (bicyclic) bond motifs is 1. The second kappa shape index (κ2) is 4.78. The van der Waals surface area contributed by atoms with Gasteiger partial charge in [-0.2, -0.15) is 0 Å². The second-order valence-corrected chi connectivity index (χ2v) is 4.25. The minimum absolute atomic E-state index is 0.0155. The Morgan fingerprint density at radius 3 is 2.41 bits per heavy atom. The number of ether oxygens (including phenoxy) is 1. The van der Waals surface area contributed by atoms with Crippen LogP contribution in [0.15, 0.2) is 36.4 Å². The molecule has 0 radical (unpaired) electrons. The maximum atomic E-state index is 9.35. The van der Waals surface area contributed by atoms with Gasteiger partial charge in [0.25, 0.3) is 0 Å². The average molecular weight is 230 g/mol. The molecule has 0 fully saturated rings. The zero-order valence-corrected chi connectivity index (χ0v) is 9.92. The Balaban J connectivity index is 2.66. The molecule has 2 N–H and O–H groups in total. The molecule has 0 amide bonds. The third-order valence-corrected chi connectivity index (χ3v) is 2.54. The van der Waals surface area contributed by atoms with Crippen LogP contribution in [0.2, 0.25) is 0 Å². The summed E-state index contributed by atoms with van der Waals surface area (Å²) >= 11 is 0. The van der Waals surface area contributed by atoms with E-state index >= 15 is 0 Å². The van der Waals surface area contributed by atoms with Crippen molar-refractivity contribution >= 4 is 23.4 Å². The minimum Gasteiger partial charge on any atom is -0.491 e. The van der Waals surface area contributed by atoms with Crippen molar-refractivity contribution < 1.29 is 14.8 Å². The lowest BCUT2D eigenvalue weighted by Crippen LogP contribution is -2.32. The van der Waals surface area contributed by atoms with Gasteiger partial charge in [-0.05, 0) is 19.2 Å². The third-order valence-electron chi connectivity index (χ3n) is 2.54. The van der Waals surface area contributed by atoms with Crippen LogP contribution in [0.1, 0.15) is 13.8 Å². The van der Waals surface area contributed by atoms with E-state index < -0.39 is 7.12 Å². The predicted molar refractivity (Wildman–Crippen MR) is 69.5 cm³/mol. The molecule has 0 saturated heterocycles. The molecule has 2 aromatic carbocycles. The van der Waals surface area contributed by atoms with Gasteiger partial charge in [-0.3, -0.25) is 0 Å². The molecule has 88 valence electrons. The van der Waals surface area contributed by atoms with Crippen LogP contribution in [0.25, 0.3) is 10.8 Å². The van der Waals surface area contributed by atoms with Crippen molar-refractivity contribution in [2.75, 3.05) is 0 Å². The van der Waals surface area contributed by atoms with Crippen LogP contribution in [0.4, 0.5) is 0 Å². The van der Waals surface area contributed by atoms with Crippen molar-refractivity contribution in [2.45, 2.75) is 20.0 Å². The summed E-state index contributed by atoms with van der Waals surface area (Å²) in [4.78, 5) is 0. The van der Waals surface area contributed by atoms with E-state index in [2.05, 4.69) is 0 Å². The largest absolute Gasteiger partial charge is 0.492 e. The lowest BCUT2D eigenvalue weighted by molar-refractivity contribution is 0.246. The Hall–Kier alpha value is -1.52. The lowest BCUT2D eigenvalue weighted by Gasteiger charge is -2.16. The van der Waals surface area contributed by atoms with Crippen molar-refractivity contribution in [1.29, 1.82) is 0 Å². The first-order valence-electron chi connectivity index (χ1n) is 5.64. The molecular weight excluding hydrogens is 215 g/mol. The number of rotatable bonds is 3. The Morgan fingerprint density at radius 2 is 1.76 bits per heavy atom. The Bertz CT molecular complexity index is 523. The third kappa shape index (κ3) is 2.43. The first-order valence-corrected chi connectivity index (χ1v) is 5.64. The SMILES string of the molecule is CC(C)Oc1c(B(O)O)ccc2ccccc12. The van der Waals surface area contributed by atoms with Crippen LogP contribution < -0.4 is 10.2 Å². The molecule has 0 atom stereocenters. The van der Waals surface area contributed by atoms with Gasteiger partial charge in [-0.15, -0.1) is 0 Å². The van der Waals surface area contributed by atoms with Crippen LogP contribution >= 0.6 is 0 Å². The molecule has 3 nitrogen and oxygen atoms in total. The molecule has 2 aromatic rings. The Labute approximate surface area is 101 Å². The highest BCUT2D eigenvalue weighted by molar-refractivity contribution is 6.60. The van der Waals surface area contributed by atoms with E-state index in [0.29, 0.717) is 11.2 Å². The van der Waals surface area contributed by atoms with Crippen LogP contribution in [-0.4, -0.2) is 23.3 Å². The van der Waals surface area contributed by atoms with Crippen LogP contribution in [0, 0.1) is 0 Å².